The lowest BCUT2D eigenvalue weighted by Gasteiger charge is -2.33. The van der Waals surface area contributed by atoms with Crippen LogP contribution < -0.4 is 9.62 Å². The number of rotatable bonds is 12. The van der Waals surface area contributed by atoms with Crippen molar-refractivity contribution in [2.24, 2.45) is 0 Å². The second-order valence-corrected chi connectivity index (χ2v) is 11.3. The normalized spacial score (nSPS) is 12.0. The van der Waals surface area contributed by atoms with Crippen molar-refractivity contribution in [3.05, 3.63) is 94.5 Å². The Morgan fingerprint density at radius 3 is 2.11 bits per heavy atom. The highest BCUT2D eigenvalue weighted by Crippen LogP contribution is 2.26. The molecule has 0 spiro atoms. The van der Waals surface area contributed by atoms with Crippen LogP contribution in [-0.2, 0) is 26.2 Å². The Hall–Kier alpha value is -3.07. The fourth-order valence-corrected chi connectivity index (χ4v) is 5.72. The van der Waals surface area contributed by atoms with E-state index in [9.17, 15) is 18.0 Å². The number of amides is 2. The number of hydrogen-bond donors (Lipinski definition) is 1. The largest absolute Gasteiger partial charge is 0.354 e. The zero-order valence-corrected chi connectivity index (χ0v) is 23.6. The molecule has 3 rings (SSSR count). The van der Waals surface area contributed by atoms with Crippen molar-refractivity contribution in [3.8, 4) is 0 Å². The minimum Gasteiger partial charge on any atom is -0.354 e. The van der Waals surface area contributed by atoms with Gasteiger partial charge in [-0.05, 0) is 54.8 Å². The molecule has 0 aliphatic rings. The van der Waals surface area contributed by atoms with Crippen molar-refractivity contribution in [2.45, 2.75) is 44.2 Å². The van der Waals surface area contributed by atoms with Crippen LogP contribution in [0.1, 0.15) is 32.3 Å². The molecule has 38 heavy (non-hydrogen) atoms. The van der Waals surface area contributed by atoms with Crippen molar-refractivity contribution in [1.82, 2.24) is 10.2 Å². The van der Waals surface area contributed by atoms with E-state index in [0.717, 1.165) is 10.7 Å². The Labute approximate surface area is 234 Å². The monoisotopic (exact) mass is 575 g/mol. The number of benzene rings is 3. The fraction of sp³-hybridized carbons (Fsp3) is 0.286. The van der Waals surface area contributed by atoms with Crippen LogP contribution >= 0.6 is 23.2 Å². The molecule has 0 heterocycles. The molecule has 7 nitrogen and oxygen atoms in total. The molecular formula is C28H31Cl2N3O4S. The summed E-state index contributed by atoms with van der Waals surface area (Å²) < 4.78 is 28.5. The van der Waals surface area contributed by atoms with E-state index in [4.69, 9.17) is 23.2 Å². The van der Waals surface area contributed by atoms with Crippen molar-refractivity contribution < 1.29 is 18.0 Å². The Morgan fingerprint density at radius 2 is 1.53 bits per heavy atom. The van der Waals surface area contributed by atoms with Gasteiger partial charge in [0.15, 0.2) is 0 Å². The quantitative estimate of drug-likeness (QED) is 0.308. The van der Waals surface area contributed by atoms with Gasteiger partial charge in [0.05, 0.1) is 20.6 Å². The van der Waals surface area contributed by atoms with E-state index in [1.807, 2.05) is 6.92 Å². The molecule has 0 radical (unpaired) electrons. The summed E-state index contributed by atoms with van der Waals surface area (Å²) in [6.07, 6.45) is 1.07. The van der Waals surface area contributed by atoms with Crippen LogP contribution in [0.15, 0.2) is 83.8 Å². The highest BCUT2D eigenvalue weighted by Gasteiger charge is 2.33. The smallest absolute Gasteiger partial charge is 0.264 e. The second kappa shape index (κ2) is 13.6. The number of sulfonamides is 1. The molecule has 0 aromatic heterocycles. The van der Waals surface area contributed by atoms with Crippen molar-refractivity contribution >= 4 is 50.7 Å². The molecule has 3 aromatic rings. The first-order valence-corrected chi connectivity index (χ1v) is 14.5. The summed E-state index contributed by atoms with van der Waals surface area (Å²) in [6, 6.07) is 20.5. The third-order valence-electron chi connectivity index (χ3n) is 5.93. The van der Waals surface area contributed by atoms with Gasteiger partial charge in [-0.1, -0.05) is 79.5 Å². The summed E-state index contributed by atoms with van der Waals surface area (Å²) in [5.74, 6) is -0.835. The van der Waals surface area contributed by atoms with Crippen LogP contribution in [0.25, 0.3) is 0 Å². The first-order valence-electron chi connectivity index (χ1n) is 12.3. The Balaban J connectivity index is 2.03. The third-order valence-corrected chi connectivity index (χ3v) is 8.45. The third kappa shape index (κ3) is 7.28. The highest BCUT2D eigenvalue weighted by atomic mass is 35.5. The van der Waals surface area contributed by atoms with Gasteiger partial charge in [0.2, 0.25) is 11.8 Å². The zero-order valence-electron chi connectivity index (χ0n) is 21.3. The molecule has 0 unspecified atom stereocenters. The summed E-state index contributed by atoms with van der Waals surface area (Å²) in [5.41, 5.74) is 0.995. The Morgan fingerprint density at radius 1 is 0.895 bits per heavy atom. The fourth-order valence-electron chi connectivity index (χ4n) is 3.96. The molecule has 0 aliphatic heterocycles. The van der Waals surface area contributed by atoms with Gasteiger partial charge in [0, 0.05) is 13.1 Å². The first-order chi connectivity index (χ1) is 18.2. The molecule has 202 valence electrons. The maximum Gasteiger partial charge on any atom is 0.264 e. The predicted molar refractivity (Wildman–Crippen MR) is 152 cm³/mol. The van der Waals surface area contributed by atoms with Crippen LogP contribution in [-0.4, -0.2) is 44.3 Å². The van der Waals surface area contributed by atoms with Gasteiger partial charge in [-0.3, -0.25) is 13.9 Å². The minimum atomic E-state index is -4.09. The summed E-state index contributed by atoms with van der Waals surface area (Å²) >= 11 is 12.3. The highest BCUT2D eigenvalue weighted by molar-refractivity contribution is 7.92. The molecule has 3 aromatic carbocycles. The molecule has 10 heteroatoms. The number of para-hydroxylation sites is 1. The summed E-state index contributed by atoms with van der Waals surface area (Å²) in [4.78, 5) is 28.5. The number of anilines is 1. The molecule has 1 atom stereocenters. The zero-order chi connectivity index (χ0) is 27.7. The second-order valence-electron chi connectivity index (χ2n) is 8.65. The van der Waals surface area contributed by atoms with Gasteiger partial charge in [0.25, 0.3) is 10.0 Å². The Kier molecular flexibility index (Phi) is 10.6. The van der Waals surface area contributed by atoms with E-state index in [-0.39, 0.29) is 17.3 Å². The number of carbonyl (C=O) groups excluding carboxylic acids is 2. The Bertz CT molecular complexity index is 1340. The molecule has 0 bridgehead atoms. The first kappa shape index (κ1) is 29.5. The predicted octanol–water partition coefficient (Wildman–Crippen LogP) is 5.52. The number of halogens is 2. The standard InChI is InChI=1S/C28H31Cl2N3O4S/c1-3-17-31-28(35)26(4-2)32(19-21-15-16-24(29)25(30)18-21)27(34)20-33(22-11-7-5-8-12-22)38(36,37)23-13-9-6-10-14-23/h5-16,18,26H,3-4,17,19-20H2,1-2H3,(H,31,35)/t26-/m0/s1. The molecule has 2 amide bonds. The SMILES string of the molecule is CCCNC(=O)[C@H](CC)N(Cc1ccc(Cl)c(Cl)c1)C(=O)CN(c1ccccc1)S(=O)(=O)c1ccccc1. The van der Waals surface area contributed by atoms with Crippen LogP contribution in [0.5, 0.6) is 0 Å². The van der Waals surface area contributed by atoms with Gasteiger partial charge < -0.3 is 10.2 Å². The van der Waals surface area contributed by atoms with Gasteiger partial charge >= 0.3 is 0 Å². The lowest BCUT2D eigenvalue weighted by Crippen LogP contribution is -2.52. The van der Waals surface area contributed by atoms with Gasteiger partial charge in [-0.2, -0.15) is 0 Å². The lowest BCUT2D eigenvalue weighted by molar-refractivity contribution is -0.140. The molecule has 0 aliphatic carbocycles. The van der Waals surface area contributed by atoms with E-state index in [1.54, 1.807) is 73.7 Å². The molecule has 0 fully saturated rings. The van der Waals surface area contributed by atoms with Crippen molar-refractivity contribution in [2.75, 3.05) is 17.4 Å². The van der Waals surface area contributed by atoms with Crippen molar-refractivity contribution in [3.63, 3.8) is 0 Å². The number of nitrogens with zero attached hydrogens (tertiary/aromatic N) is 2. The molecule has 0 saturated heterocycles. The van der Waals surface area contributed by atoms with E-state index in [1.165, 1.54) is 17.0 Å². The van der Waals surface area contributed by atoms with Crippen LogP contribution in [0.4, 0.5) is 5.69 Å². The summed E-state index contributed by atoms with van der Waals surface area (Å²) in [5, 5.41) is 3.54. The van der Waals surface area contributed by atoms with E-state index < -0.39 is 28.5 Å². The number of nitrogens with one attached hydrogen (secondary N) is 1. The molecule has 1 N–H and O–H groups in total. The van der Waals surface area contributed by atoms with Crippen LogP contribution in [0.2, 0.25) is 10.0 Å². The average molecular weight is 577 g/mol. The van der Waals surface area contributed by atoms with Crippen LogP contribution in [0, 0.1) is 0 Å². The average Bonchev–Trinajstić information content (AvgIpc) is 2.93. The summed E-state index contributed by atoms with van der Waals surface area (Å²) in [7, 11) is -4.09. The number of hydrogen-bond acceptors (Lipinski definition) is 4. The lowest BCUT2D eigenvalue weighted by atomic mass is 10.1. The van der Waals surface area contributed by atoms with E-state index in [2.05, 4.69) is 5.32 Å². The van der Waals surface area contributed by atoms with Crippen molar-refractivity contribution in [1.29, 1.82) is 0 Å². The summed E-state index contributed by atoms with van der Waals surface area (Å²) in [6.45, 7) is 3.75. The van der Waals surface area contributed by atoms with Crippen LogP contribution in [0.3, 0.4) is 0 Å². The maximum absolute atomic E-state index is 13.9. The van der Waals surface area contributed by atoms with E-state index in [0.29, 0.717) is 34.3 Å². The molecule has 0 saturated carbocycles. The molecular weight excluding hydrogens is 545 g/mol. The topological polar surface area (TPSA) is 86.8 Å². The van der Waals surface area contributed by atoms with Gasteiger partial charge in [-0.25, -0.2) is 8.42 Å². The van der Waals surface area contributed by atoms with Gasteiger partial charge in [-0.15, -0.1) is 0 Å². The van der Waals surface area contributed by atoms with Gasteiger partial charge in [0.1, 0.15) is 12.6 Å². The van der Waals surface area contributed by atoms with E-state index >= 15 is 0 Å². The maximum atomic E-state index is 13.9. The minimum absolute atomic E-state index is 0.0434. The number of carbonyl (C=O) groups is 2.